The number of para-hydroxylation sites is 1. The second-order valence-corrected chi connectivity index (χ2v) is 6.46. The zero-order valence-corrected chi connectivity index (χ0v) is 14.2. The lowest BCUT2D eigenvalue weighted by Crippen LogP contribution is -2.25. The molecule has 1 N–H and O–H groups in total. The van der Waals surface area contributed by atoms with Gasteiger partial charge in [-0.05, 0) is 48.6 Å². The van der Waals surface area contributed by atoms with Gasteiger partial charge in [-0.25, -0.2) is 9.07 Å². The fraction of sp³-hybridized carbons (Fsp3) is 0.167. The highest BCUT2D eigenvalue weighted by Gasteiger charge is 2.10. The summed E-state index contributed by atoms with van der Waals surface area (Å²) in [6.07, 6.45) is 2.42. The van der Waals surface area contributed by atoms with Crippen molar-refractivity contribution in [1.82, 2.24) is 20.3 Å². The summed E-state index contributed by atoms with van der Waals surface area (Å²) in [5.41, 5.74) is 1.14. The van der Waals surface area contributed by atoms with Gasteiger partial charge in [0.15, 0.2) is 5.69 Å². The highest BCUT2D eigenvalue weighted by Crippen LogP contribution is 2.18. The van der Waals surface area contributed by atoms with Crippen LogP contribution < -0.4 is 5.32 Å². The van der Waals surface area contributed by atoms with Gasteiger partial charge in [-0.2, -0.15) is 0 Å². The van der Waals surface area contributed by atoms with Gasteiger partial charge in [-0.1, -0.05) is 23.4 Å². The molecule has 128 valence electrons. The second-order valence-electron chi connectivity index (χ2n) is 5.30. The molecule has 1 heterocycles. The first-order chi connectivity index (χ1) is 12.2. The van der Waals surface area contributed by atoms with Crippen LogP contribution in [0.15, 0.2) is 65.7 Å². The zero-order chi connectivity index (χ0) is 17.5. The predicted molar refractivity (Wildman–Crippen MR) is 95.4 cm³/mol. The van der Waals surface area contributed by atoms with Crippen LogP contribution in [-0.4, -0.2) is 33.2 Å². The molecule has 0 radical (unpaired) electrons. The highest BCUT2D eigenvalue weighted by atomic mass is 32.2. The summed E-state index contributed by atoms with van der Waals surface area (Å²) < 4.78 is 14.4. The van der Waals surface area contributed by atoms with Gasteiger partial charge >= 0.3 is 0 Å². The minimum absolute atomic E-state index is 0.236. The molecule has 0 aliphatic heterocycles. The van der Waals surface area contributed by atoms with Crippen molar-refractivity contribution in [3.05, 3.63) is 72.3 Å². The molecule has 2 aromatic carbocycles. The second kappa shape index (κ2) is 8.43. The Morgan fingerprint density at radius 1 is 1.12 bits per heavy atom. The average molecular weight is 356 g/mol. The Bertz CT molecular complexity index is 821. The summed E-state index contributed by atoms with van der Waals surface area (Å²) in [7, 11) is 0. The third-order valence-electron chi connectivity index (χ3n) is 3.44. The molecule has 3 aromatic rings. The van der Waals surface area contributed by atoms with Gasteiger partial charge in [-0.3, -0.25) is 4.79 Å². The van der Waals surface area contributed by atoms with Gasteiger partial charge in [-0.15, -0.1) is 16.9 Å². The number of aromatic nitrogens is 3. The van der Waals surface area contributed by atoms with Crippen LogP contribution in [0.2, 0.25) is 0 Å². The van der Waals surface area contributed by atoms with E-state index in [9.17, 15) is 9.18 Å². The third kappa shape index (κ3) is 4.90. The Morgan fingerprint density at radius 2 is 1.88 bits per heavy atom. The van der Waals surface area contributed by atoms with Gasteiger partial charge in [0.05, 0.1) is 11.9 Å². The molecule has 7 heteroatoms. The van der Waals surface area contributed by atoms with Crippen LogP contribution in [0.3, 0.4) is 0 Å². The summed E-state index contributed by atoms with van der Waals surface area (Å²) in [5, 5.41) is 10.7. The molecule has 0 saturated heterocycles. The number of halogens is 1. The molecule has 3 rings (SSSR count). The van der Waals surface area contributed by atoms with Crippen LogP contribution in [0.25, 0.3) is 5.69 Å². The number of nitrogens with zero attached hydrogens (tertiary/aromatic N) is 3. The van der Waals surface area contributed by atoms with Crippen molar-refractivity contribution < 1.29 is 9.18 Å². The molecule has 0 aliphatic rings. The van der Waals surface area contributed by atoms with E-state index in [0.29, 0.717) is 6.54 Å². The van der Waals surface area contributed by atoms with Crippen LogP contribution in [0.4, 0.5) is 4.39 Å². The largest absolute Gasteiger partial charge is 0.351 e. The van der Waals surface area contributed by atoms with Crippen LogP contribution in [0.5, 0.6) is 0 Å². The molecule has 1 aromatic heterocycles. The summed E-state index contributed by atoms with van der Waals surface area (Å²) >= 11 is 1.63. The summed E-state index contributed by atoms with van der Waals surface area (Å²) in [5.74, 6) is 0.358. The summed E-state index contributed by atoms with van der Waals surface area (Å²) in [6.45, 7) is 0.547. The van der Waals surface area contributed by atoms with Crippen molar-refractivity contribution in [2.45, 2.75) is 11.3 Å². The molecule has 1 amide bonds. The Hall–Kier alpha value is -2.67. The topological polar surface area (TPSA) is 59.8 Å². The van der Waals surface area contributed by atoms with E-state index in [1.807, 2.05) is 30.3 Å². The van der Waals surface area contributed by atoms with Gasteiger partial charge in [0.2, 0.25) is 0 Å². The van der Waals surface area contributed by atoms with Crippen molar-refractivity contribution >= 4 is 17.7 Å². The van der Waals surface area contributed by atoms with E-state index >= 15 is 0 Å². The molecule has 0 spiro atoms. The number of benzene rings is 2. The lowest BCUT2D eigenvalue weighted by Gasteiger charge is -2.03. The van der Waals surface area contributed by atoms with E-state index < -0.39 is 0 Å². The molecule has 25 heavy (non-hydrogen) atoms. The van der Waals surface area contributed by atoms with Crippen LogP contribution >= 0.6 is 11.8 Å². The van der Waals surface area contributed by atoms with Gasteiger partial charge < -0.3 is 5.32 Å². The number of rotatable bonds is 7. The first-order valence-corrected chi connectivity index (χ1v) is 8.85. The minimum atomic E-state index is -0.242. The molecule has 0 unspecified atom stereocenters. The van der Waals surface area contributed by atoms with Crippen molar-refractivity contribution in [3.8, 4) is 5.69 Å². The SMILES string of the molecule is O=C(NCCCSc1ccc(F)cc1)c1cn(-c2ccccc2)nn1. The normalized spacial score (nSPS) is 10.6. The van der Waals surface area contributed by atoms with Gasteiger partial charge in [0, 0.05) is 11.4 Å². The zero-order valence-electron chi connectivity index (χ0n) is 13.4. The van der Waals surface area contributed by atoms with Crippen molar-refractivity contribution in [1.29, 1.82) is 0 Å². The van der Waals surface area contributed by atoms with Crippen LogP contribution in [-0.2, 0) is 0 Å². The average Bonchev–Trinajstić information content (AvgIpc) is 3.14. The number of amides is 1. The first kappa shape index (κ1) is 17.2. The smallest absolute Gasteiger partial charge is 0.273 e. The number of carbonyl (C=O) groups is 1. The fourth-order valence-corrected chi connectivity index (χ4v) is 3.01. The molecule has 0 saturated carbocycles. The maximum absolute atomic E-state index is 12.8. The lowest BCUT2D eigenvalue weighted by atomic mass is 10.3. The Balaban J connectivity index is 1.42. The number of thioether (sulfide) groups is 1. The van der Waals surface area contributed by atoms with E-state index in [-0.39, 0.29) is 17.4 Å². The Kier molecular flexibility index (Phi) is 5.79. The monoisotopic (exact) mass is 356 g/mol. The third-order valence-corrected chi connectivity index (χ3v) is 4.53. The summed E-state index contributed by atoms with van der Waals surface area (Å²) in [4.78, 5) is 13.1. The number of hydrogen-bond donors (Lipinski definition) is 1. The molecule has 0 fully saturated rings. The first-order valence-electron chi connectivity index (χ1n) is 7.87. The molecular weight excluding hydrogens is 339 g/mol. The van der Waals surface area contributed by atoms with E-state index in [4.69, 9.17) is 0 Å². The quantitative estimate of drug-likeness (QED) is 0.521. The van der Waals surface area contributed by atoms with Gasteiger partial charge in [0.1, 0.15) is 5.82 Å². The van der Waals surface area contributed by atoms with Crippen LogP contribution in [0, 0.1) is 5.82 Å². The molecule has 0 bridgehead atoms. The molecule has 5 nitrogen and oxygen atoms in total. The standard InChI is InChI=1S/C18H17FN4OS/c19-14-7-9-16(10-8-14)25-12-4-11-20-18(24)17-13-23(22-21-17)15-5-2-1-3-6-15/h1-3,5-10,13H,4,11-12H2,(H,20,24). The van der Waals surface area contributed by atoms with Crippen LogP contribution in [0.1, 0.15) is 16.9 Å². The van der Waals surface area contributed by atoms with E-state index in [1.165, 1.54) is 12.1 Å². The van der Waals surface area contributed by atoms with E-state index in [2.05, 4.69) is 15.6 Å². The molecule has 0 aliphatic carbocycles. The molecule has 0 atom stereocenters. The Labute approximate surface area is 149 Å². The fourth-order valence-electron chi connectivity index (χ4n) is 2.16. The number of carbonyl (C=O) groups excluding carboxylic acids is 1. The van der Waals surface area contributed by atoms with Gasteiger partial charge in [0.25, 0.3) is 5.91 Å². The maximum atomic E-state index is 12.8. The van der Waals surface area contributed by atoms with E-state index in [1.54, 1.807) is 34.8 Å². The number of hydrogen-bond acceptors (Lipinski definition) is 4. The predicted octanol–water partition coefficient (Wildman–Crippen LogP) is 3.32. The number of nitrogens with one attached hydrogen (secondary N) is 1. The van der Waals surface area contributed by atoms with Crippen molar-refractivity contribution in [2.75, 3.05) is 12.3 Å². The molecular formula is C18H17FN4OS. The van der Waals surface area contributed by atoms with E-state index in [0.717, 1.165) is 22.8 Å². The highest BCUT2D eigenvalue weighted by molar-refractivity contribution is 7.99. The minimum Gasteiger partial charge on any atom is -0.351 e. The Morgan fingerprint density at radius 3 is 2.64 bits per heavy atom. The summed E-state index contributed by atoms with van der Waals surface area (Å²) in [6, 6.07) is 15.9. The van der Waals surface area contributed by atoms with Crippen molar-refractivity contribution in [3.63, 3.8) is 0 Å². The lowest BCUT2D eigenvalue weighted by molar-refractivity contribution is 0.0948. The maximum Gasteiger partial charge on any atom is 0.273 e. The van der Waals surface area contributed by atoms with Crippen molar-refractivity contribution in [2.24, 2.45) is 0 Å².